The van der Waals surface area contributed by atoms with Crippen LogP contribution in [0.25, 0.3) is 0 Å². The molecule has 1 aromatic rings. The molecule has 1 heterocycles. The van der Waals surface area contributed by atoms with Crippen molar-refractivity contribution in [2.24, 2.45) is 0 Å². The van der Waals surface area contributed by atoms with Crippen molar-refractivity contribution in [2.75, 3.05) is 0 Å². The Morgan fingerprint density at radius 1 is 1.43 bits per heavy atom. The van der Waals surface area contributed by atoms with Crippen LogP contribution in [0.5, 0.6) is 0 Å². The van der Waals surface area contributed by atoms with Gasteiger partial charge in [-0.1, -0.05) is 13.8 Å². The van der Waals surface area contributed by atoms with Crippen molar-refractivity contribution in [1.29, 1.82) is 0 Å². The number of hydrogen-bond acceptors (Lipinski definition) is 3. The minimum atomic E-state index is -0.805. The fourth-order valence-electron chi connectivity index (χ4n) is 1.22. The van der Waals surface area contributed by atoms with Gasteiger partial charge < -0.3 is 5.11 Å². The molecule has 14 heavy (non-hydrogen) atoms. The molecule has 0 amide bonds. The molecular weight excluding hydrogens is 182 g/mol. The summed E-state index contributed by atoms with van der Waals surface area (Å²) in [5.74, 6) is 0.843. The summed E-state index contributed by atoms with van der Waals surface area (Å²) in [6.45, 7) is 4.38. The highest BCUT2D eigenvalue weighted by Crippen LogP contribution is 2.01. The lowest BCUT2D eigenvalue weighted by Gasteiger charge is -2.00. The normalized spacial score (nSPS) is 10.4. The van der Waals surface area contributed by atoms with E-state index in [0.717, 1.165) is 24.5 Å². The van der Waals surface area contributed by atoms with Crippen LogP contribution in [-0.2, 0) is 24.2 Å². The van der Waals surface area contributed by atoms with Gasteiger partial charge in [0.25, 0.3) is 0 Å². The van der Waals surface area contributed by atoms with Gasteiger partial charge in [-0.15, -0.1) is 0 Å². The molecule has 78 valence electrons. The standard InChI is InChI=1S/C9H15N3O2/c1-3-7-10-8(4-2)12(11-7)6-5-9(13)14/h3-6H2,1-2H3,(H,13,14). The smallest absolute Gasteiger partial charge is 0.305 e. The minimum Gasteiger partial charge on any atom is -0.481 e. The zero-order chi connectivity index (χ0) is 10.6. The molecule has 1 aromatic heterocycles. The van der Waals surface area contributed by atoms with Gasteiger partial charge in [0, 0.05) is 12.8 Å². The third-order valence-corrected chi connectivity index (χ3v) is 1.96. The van der Waals surface area contributed by atoms with Crippen LogP contribution in [0.1, 0.15) is 31.9 Å². The number of aromatic nitrogens is 3. The van der Waals surface area contributed by atoms with Crippen LogP contribution in [0.2, 0.25) is 0 Å². The van der Waals surface area contributed by atoms with Gasteiger partial charge in [0.05, 0.1) is 13.0 Å². The zero-order valence-corrected chi connectivity index (χ0v) is 8.53. The van der Waals surface area contributed by atoms with Gasteiger partial charge in [0.15, 0.2) is 5.82 Å². The molecule has 0 aromatic carbocycles. The maximum Gasteiger partial charge on any atom is 0.305 e. The van der Waals surface area contributed by atoms with Gasteiger partial charge in [-0.3, -0.25) is 4.79 Å². The summed E-state index contributed by atoms with van der Waals surface area (Å²) in [6.07, 6.45) is 1.67. The highest BCUT2D eigenvalue weighted by Gasteiger charge is 2.07. The van der Waals surface area contributed by atoms with Gasteiger partial charge in [0.1, 0.15) is 5.82 Å². The average molecular weight is 197 g/mol. The second kappa shape index (κ2) is 4.74. The third-order valence-electron chi connectivity index (χ3n) is 1.96. The number of carbonyl (C=O) groups is 1. The molecule has 0 radical (unpaired) electrons. The number of aliphatic carboxylic acids is 1. The van der Waals surface area contributed by atoms with Crippen LogP contribution in [0.15, 0.2) is 0 Å². The van der Waals surface area contributed by atoms with Crippen molar-refractivity contribution in [3.05, 3.63) is 11.6 Å². The molecule has 0 saturated heterocycles. The van der Waals surface area contributed by atoms with Gasteiger partial charge >= 0.3 is 5.97 Å². The maximum atomic E-state index is 10.4. The highest BCUT2D eigenvalue weighted by atomic mass is 16.4. The monoisotopic (exact) mass is 197 g/mol. The van der Waals surface area contributed by atoms with E-state index in [1.807, 2.05) is 13.8 Å². The van der Waals surface area contributed by atoms with Crippen molar-refractivity contribution in [3.63, 3.8) is 0 Å². The summed E-state index contributed by atoms with van der Waals surface area (Å²) in [5.41, 5.74) is 0. The van der Waals surface area contributed by atoms with Crippen molar-refractivity contribution in [1.82, 2.24) is 14.8 Å². The van der Waals surface area contributed by atoms with E-state index in [4.69, 9.17) is 5.11 Å². The molecule has 0 aliphatic rings. The topological polar surface area (TPSA) is 68.0 Å². The van der Waals surface area contributed by atoms with E-state index in [1.165, 1.54) is 0 Å². The lowest BCUT2D eigenvalue weighted by Crippen LogP contribution is -2.09. The first kappa shape index (κ1) is 10.7. The van der Waals surface area contributed by atoms with Crippen molar-refractivity contribution >= 4 is 5.97 Å². The Labute approximate surface area is 82.8 Å². The molecule has 0 aliphatic carbocycles. The summed E-state index contributed by atoms with van der Waals surface area (Å²) >= 11 is 0. The van der Waals surface area contributed by atoms with Gasteiger partial charge in [0.2, 0.25) is 0 Å². The van der Waals surface area contributed by atoms with Crippen LogP contribution in [0, 0.1) is 0 Å². The van der Waals surface area contributed by atoms with Gasteiger partial charge in [-0.2, -0.15) is 5.10 Å². The Morgan fingerprint density at radius 2 is 2.14 bits per heavy atom. The number of rotatable bonds is 5. The fraction of sp³-hybridized carbons (Fsp3) is 0.667. The van der Waals surface area contributed by atoms with Crippen LogP contribution in [-0.4, -0.2) is 25.8 Å². The van der Waals surface area contributed by atoms with Crippen molar-refractivity contribution in [2.45, 2.75) is 39.7 Å². The fourth-order valence-corrected chi connectivity index (χ4v) is 1.22. The average Bonchev–Trinajstić information content (AvgIpc) is 2.57. The summed E-state index contributed by atoms with van der Waals surface area (Å²) < 4.78 is 1.69. The van der Waals surface area contributed by atoms with E-state index in [2.05, 4.69) is 10.1 Å². The Hall–Kier alpha value is -1.39. The van der Waals surface area contributed by atoms with Crippen LogP contribution >= 0.6 is 0 Å². The Kier molecular flexibility index (Phi) is 3.62. The number of aryl methyl sites for hydroxylation is 3. The molecule has 0 unspecified atom stereocenters. The quantitative estimate of drug-likeness (QED) is 0.760. The minimum absolute atomic E-state index is 0.0967. The number of carboxylic acids is 1. The van der Waals surface area contributed by atoms with Crippen LogP contribution < -0.4 is 0 Å². The summed E-state index contributed by atoms with van der Waals surface area (Å²) in [5, 5.41) is 12.8. The van der Waals surface area contributed by atoms with Crippen molar-refractivity contribution in [3.8, 4) is 0 Å². The summed E-state index contributed by atoms with van der Waals surface area (Å²) in [6, 6.07) is 0. The molecular formula is C9H15N3O2. The first-order valence-electron chi connectivity index (χ1n) is 4.81. The molecule has 0 bridgehead atoms. The van der Waals surface area contributed by atoms with Crippen LogP contribution in [0.4, 0.5) is 0 Å². The van der Waals surface area contributed by atoms with E-state index in [0.29, 0.717) is 6.54 Å². The number of hydrogen-bond donors (Lipinski definition) is 1. The molecule has 1 N–H and O–H groups in total. The lowest BCUT2D eigenvalue weighted by atomic mass is 10.4. The molecule has 0 fully saturated rings. The predicted molar refractivity (Wildman–Crippen MR) is 51.0 cm³/mol. The molecule has 1 rings (SSSR count). The maximum absolute atomic E-state index is 10.4. The molecule has 0 atom stereocenters. The van der Waals surface area contributed by atoms with Gasteiger partial charge in [-0.25, -0.2) is 9.67 Å². The van der Waals surface area contributed by atoms with E-state index in [9.17, 15) is 4.79 Å². The summed E-state index contributed by atoms with van der Waals surface area (Å²) in [4.78, 5) is 14.7. The highest BCUT2D eigenvalue weighted by molar-refractivity contribution is 5.66. The lowest BCUT2D eigenvalue weighted by molar-refractivity contribution is -0.137. The van der Waals surface area contributed by atoms with Gasteiger partial charge in [-0.05, 0) is 0 Å². The third kappa shape index (κ3) is 2.55. The SMILES string of the molecule is CCc1nc(CC)n(CCC(=O)O)n1. The predicted octanol–water partition coefficient (Wildman–Crippen LogP) is 0.878. The van der Waals surface area contributed by atoms with E-state index in [-0.39, 0.29) is 6.42 Å². The first-order chi connectivity index (χ1) is 6.67. The van der Waals surface area contributed by atoms with E-state index in [1.54, 1.807) is 4.68 Å². The summed E-state index contributed by atoms with van der Waals surface area (Å²) in [7, 11) is 0. The van der Waals surface area contributed by atoms with E-state index < -0.39 is 5.97 Å². The Morgan fingerprint density at radius 3 is 2.64 bits per heavy atom. The molecule has 5 nitrogen and oxygen atoms in total. The Balaban J connectivity index is 2.73. The number of nitrogens with zero attached hydrogens (tertiary/aromatic N) is 3. The van der Waals surface area contributed by atoms with E-state index >= 15 is 0 Å². The zero-order valence-electron chi connectivity index (χ0n) is 8.53. The molecule has 5 heteroatoms. The van der Waals surface area contributed by atoms with Crippen LogP contribution in [0.3, 0.4) is 0 Å². The Bertz CT molecular complexity index is 320. The molecule has 0 saturated carbocycles. The second-order valence-corrected chi connectivity index (χ2v) is 3.02. The second-order valence-electron chi connectivity index (χ2n) is 3.02. The number of carboxylic acid groups (broad SMARTS) is 1. The first-order valence-corrected chi connectivity index (χ1v) is 4.81. The molecule has 0 spiro atoms. The largest absolute Gasteiger partial charge is 0.481 e. The molecule has 0 aliphatic heterocycles. The van der Waals surface area contributed by atoms with Crippen molar-refractivity contribution < 1.29 is 9.90 Å².